The number of carbonyl (C=O) groups is 1. The molecule has 2 rings (SSSR count). The van der Waals surface area contributed by atoms with Gasteiger partial charge in [-0.3, -0.25) is 4.79 Å². The lowest BCUT2D eigenvalue weighted by atomic mass is 10.1. The van der Waals surface area contributed by atoms with Crippen LogP contribution in [-0.4, -0.2) is 12.5 Å². The Bertz CT molecular complexity index is 611. The van der Waals surface area contributed by atoms with Crippen molar-refractivity contribution >= 4 is 11.6 Å². The van der Waals surface area contributed by atoms with Crippen LogP contribution in [0.5, 0.6) is 5.75 Å². The number of rotatable bonds is 5. The average molecular weight is 284 g/mol. The van der Waals surface area contributed by atoms with Crippen molar-refractivity contribution in [2.45, 2.75) is 19.9 Å². The summed E-state index contributed by atoms with van der Waals surface area (Å²) in [4.78, 5) is 12.3. The first kappa shape index (κ1) is 15.1. The summed E-state index contributed by atoms with van der Waals surface area (Å²) in [6.07, 6.45) is 0. The number of hydrogen-bond acceptors (Lipinski definition) is 3. The zero-order valence-corrected chi connectivity index (χ0v) is 12.3. The minimum atomic E-state index is -0.707. The molecule has 0 aliphatic rings. The van der Waals surface area contributed by atoms with E-state index >= 15 is 0 Å². The third-order valence-electron chi connectivity index (χ3n) is 3.14. The Hall–Kier alpha value is -2.33. The standard InChI is InChI=1S/C17H20N2O2/c1-3-21-15-11-12(2)9-10-14(15)19-17(20)16(18)13-7-5-4-6-8-13/h4-11,16H,3,18H2,1-2H3,(H,19,20)/t16-/m1/s1. The van der Waals surface area contributed by atoms with Crippen LogP contribution >= 0.6 is 0 Å². The summed E-state index contributed by atoms with van der Waals surface area (Å²) in [5.41, 5.74) is 8.48. The fourth-order valence-electron chi connectivity index (χ4n) is 2.03. The number of nitrogens with two attached hydrogens (primary N) is 1. The molecule has 0 fully saturated rings. The predicted molar refractivity (Wildman–Crippen MR) is 84.3 cm³/mol. The molecule has 0 heterocycles. The van der Waals surface area contributed by atoms with E-state index in [0.717, 1.165) is 11.1 Å². The Morgan fingerprint density at radius 1 is 1.24 bits per heavy atom. The van der Waals surface area contributed by atoms with Gasteiger partial charge in [-0.1, -0.05) is 36.4 Å². The molecule has 2 aromatic carbocycles. The smallest absolute Gasteiger partial charge is 0.245 e. The lowest BCUT2D eigenvalue weighted by molar-refractivity contribution is -0.117. The van der Waals surface area contributed by atoms with Crippen LogP contribution in [0.15, 0.2) is 48.5 Å². The highest BCUT2D eigenvalue weighted by molar-refractivity contribution is 5.96. The van der Waals surface area contributed by atoms with Crippen LogP contribution in [0, 0.1) is 6.92 Å². The normalized spacial score (nSPS) is 11.8. The Morgan fingerprint density at radius 2 is 1.95 bits per heavy atom. The molecule has 21 heavy (non-hydrogen) atoms. The lowest BCUT2D eigenvalue weighted by Crippen LogP contribution is -2.27. The van der Waals surface area contributed by atoms with Crippen LogP contribution in [0.2, 0.25) is 0 Å². The zero-order chi connectivity index (χ0) is 15.2. The third kappa shape index (κ3) is 3.83. The summed E-state index contributed by atoms with van der Waals surface area (Å²) in [5.74, 6) is 0.400. The van der Waals surface area contributed by atoms with Crippen molar-refractivity contribution in [2.24, 2.45) is 5.73 Å². The van der Waals surface area contributed by atoms with Gasteiger partial charge >= 0.3 is 0 Å². The molecule has 0 aromatic heterocycles. The second-order valence-electron chi connectivity index (χ2n) is 4.81. The van der Waals surface area contributed by atoms with E-state index in [1.165, 1.54) is 0 Å². The first-order valence-corrected chi connectivity index (χ1v) is 6.96. The lowest BCUT2D eigenvalue weighted by Gasteiger charge is -2.15. The number of amides is 1. The van der Waals surface area contributed by atoms with E-state index in [-0.39, 0.29) is 5.91 Å². The van der Waals surface area contributed by atoms with Gasteiger partial charge in [-0.25, -0.2) is 0 Å². The number of hydrogen-bond donors (Lipinski definition) is 2. The molecule has 0 spiro atoms. The van der Waals surface area contributed by atoms with E-state index in [0.29, 0.717) is 18.0 Å². The molecule has 0 saturated heterocycles. The topological polar surface area (TPSA) is 64.3 Å². The van der Waals surface area contributed by atoms with Crippen molar-refractivity contribution in [3.05, 3.63) is 59.7 Å². The van der Waals surface area contributed by atoms with Crippen LogP contribution in [0.25, 0.3) is 0 Å². The number of aryl methyl sites for hydroxylation is 1. The quantitative estimate of drug-likeness (QED) is 0.887. The number of nitrogens with one attached hydrogen (secondary N) is 1. The van der Waals surface area contributed by atoms with Crippen molar-refractivity contribution in [1.29, 1.82) is 0 Å². The molecule has 3 N–H and O–H groups in total. The van der Waals surface area contributed by atoms with E-state index in [4.69, 9.17) is 10.5 Å². The third-order valence-corrected chi connectivity index (χ3v) is 3.14. The first-order valence-electron chi connectivity index (χ1n) is 6.96. The maximum Gasteiger partial charge on any atom is 0.245 e. The van der Waals surface area contributed by atoms with Gasteiger partial charge in [0.2, 0.25) is 5.91 Å². The van der Waals surface area contributed by atoms with Gasteiger partial charge < -0.3 is 15.8 Å². The average Bonchev–Trinajstić information content (AvgIpc) is 2.50. The molecule has 0 saturated carbocycles. The maximum absolute atomic E-state index is 12.3. The number of anilines is 1. The summed E-state index contributed by atoms with van der Waals surface area (Å²) in [7, 11) is 0. The largest absolute Gasteiger partial charge is 0.492 e. The number of ether oxygens (including phenoxy) is 1. The molecule has 1 amide bonds. The highest BCUT2D eigenvalue weighted by Crippen LogP contribution is 2.26. The van der Waals surface area contributed by atoms with E-state index in [1.54, 1.807) is 0 Å². The van der Waals surface area contributed by atoms with E-state index in [1.807, 2.05) is 62.4 Å². The zero-order valence-electron chi connectivity index (χ0n) is 12.3. The summed E-state index contributed by atoms with van der Waals surface area (Å²) in [6, 6.07) is 14.2. The van der Waals surface area contributed by atoms with Gasteiger partial charge in [0.1, 0.15) is 11.8 Å². The summed E-state index contributed by atoms with van der Waals surface area (Å²) in [6.45, 7) is 4.42. The van der Waals surface area contributed by atoms with Crippen molar-refractivity contribution in [1.82, 2.24) is 0 Å². The van der Waals surface area contributed by atoms with Crippen molar-refractivity contribution in [3.63, 3.8) is 0 Å². The van der Waals surface area contributed by atoms with Crippen LogP contribution in [-0.2, 0) is 4.79 Å². The van der Waals surface area contributed by atoms with E-state index in [9.17, 15) is 4.79 Å². The van der Waals surface area contributed by atoms with Gasteiger partial charge in [-0.05, 0) is 37.1 Å². The van der Waals surface area contributed by atoms with Gasteiger partial charge in [0.05, 0.1) is 12.3 Å². The highest BCUT2D eigenvalue weighted by Gasteiger charge is 2.17. The molecule has 1 atom stereocenters. The highest BCUT2D eigenvalue weighted by atomic mass is 16.5. The summed E-state index contributed by atoms with van der Waals surface area (Å²) >= 11 is 0. The number of benzene rings is 2. The molecule has 0 aliphatic heterocycles. The van der Waals surface area contributed by atoms with E-state index in [2.05, 4.69) is 5.32 Å². The SMILES string of the molecule is CCOc1cc(C)ccc1NC(=O)[C@H](N)c1ccccc1. The Kier molecular flexibility index (Phi) is 4.95. The molecule has 0 bridgehead atoms. The van der Waals surface area contributed by atoms with Gasteiger partial charge in [0.15, 0.2) is 0 Å². The summed E-state index contributed by atoms with van der Waals surface area (Å²) < 4.78 is 5.55. The van der Waals surface area contributed by atoms with Gasteiger partial charge in [0, 0.05) is 0 Å². The second kappa shape index (κ2) is 6.90. The van der Waals surface area contributed by atoms with Crippen LogP contribution in [0.1, 0.15) is 24.1 Å². The molecule has 2 aromatic rings. The fraction of sp³-hybridized carbons (Fsp3) is 0.235. The molecular weight excluding hydrogens is 264 g/mol. The molecule has 4 nitrogen and oxygen atoms in total. The minimum absolute atomic E-state index is 0.258. The maximum atomic E-state index is 12.3. The molecule has 0 unspecified atom stereocenters. The molecule has 0 radical (unpaired) electrons. The van der Waals surface area contributed by atoms with Crippen LogP contribution in [0.3, 0.4) is 0 Å². The number of carbonyl (C=O) groups excluding carboxylic acids is 1. The Morgan fingerprint density at radius 3 is 2.62 bits per heavy atom. The molecule has 4 heteroatoms. The Labute approximate surface area is 124 Å². The molecule has 0 aliphatic carbocycles. The first-order chi connectivity index (χ1) is 10.1. The van der Waals surface area contributed by atoms with Crippen molar-refractivity contribution in [3.8, 4) is 5.75 Å². The second-order valence-corrected chi connectivity index (χ2v) is 4.81. The monoisotopic (exact) mass is 284 g/mol. The van der Waals surface area contributed by atoms with Crippen LogP contribution in [0.4, 0.5) is 5.69 Å². The van der Waals surface area contributed by atoms with E-state index < -0.39 is 6.04 Å². The van der Waals surface area contributed by atoms with Crippen molar-refractivity contribution in [2.75, 3.05) is 11.9 Å². The van der Waals surface area contributed by atoms with Gasteiger partial charge in [0.25, 0.3) is 0 Å². The molecule has 110 valence electrons. The fourth-order valence-corrected chi connectivity index (χ4v) is 2.03. The van der Waals surface area contributed by atoms with Gasteiger partial charge in [-0.15, -0.1) is 0 Å². The minimum Gasteiger partial charge on any atom is -0.492 e. The predicted octanol–water partition coefficient (Wildman–Crippen LogP) is 3.03. The molecular formula is C17H20N2O2. The Balaban J connectivity index is 2.16. The van der Waals surface area contributed by atoms with Crippen molar-refractivity contribution < 1.29 is 9.53 Å². The van der Waals surface area contributed by atoms with Crippen LogP contribution < -0.4 is 15.8 Å². The summed E-state index contributed by atoms with van der Waals surface area (Å²) in [5, 5.41) is 2.83. The van der Waals surface area contributed by atoms with Gasteiger partial charge in [-0.2, -0.15) is 0 Å².